The molecule has 158 valence electrons. The number of guanidine groups is 1. The normalized spacial score (nSPS) is 17.5. The molecule has 0 bridgehead atoms. The van der Waals surface area contributed by atoms with Crippen LogP contribution in [0.2, 0.25) is 0 Å². The van der Waals surface area contributed by atoms with E-state index in [0.29, 0.717) is 32.7 Å². The van der Waals surface area contributed by atoms with E-state index in [2.05, 4.69) is 44.4 Å². The van der Waals surface area contributed by atoms with Crippen LogP contribution in [0.4, 0.5) is 18.9 Å². The molecular formula is C20H32F3N5. The largest absolute Gasteiger partial charge is 0.403 e. The van der Waals surface area contributed by atoms with Crippen molar-refractivity contribution in [2.45, 2.75) is 32.5 Å². The van der Waals surface area contributed by atoms with Crippen LogP contribution in [0.5, 0.6) is 0 Å². The Morgan fingerprint density at radius 3 is 2.25 bits per heavy atom. The molecule has 0 aromatic heterocycles. The number of piperazine rings is 1. The molecular weight excluding hydrogens is 367 g/mol. The van der Waals surface area contributed by atoms with Crippen molar-refractivity contribution in [2.24, 2.45) is 4.99 Å². The predicted molar refractivity (Wildman–Crippen MR) is 109 cm³/mol. The zero-order valence-corrected chi connectivity index (χ0v) is 17.3. The lowest BCUT2D eigenvalue weighted by Gasteiger charge is -2.39. The van der Waals surface area contributed by atoms with Gasteiger partial charge in [-0.2, -0.15) is 13.2 Å². The summed E-state index contributed by atoms with van der Waals surface area (Å²) in [5.74, 6) is 0.784. The van der Waals surface area contributed by atoms with E-state index in [1.54, 1.807) is 0 Å². The number of hydrogen-bond acceptors (Lipinski definition) is 3. The Morgan fingerprint density at radius 1 is 1.14 bits per heavy atom. The molecule has 0 aliphatic carbocycles. The molecule has 1 saturated heterocycles. The molecule has 1 unspecified atom stereocenters. The molecule has 1 fully saturated rings. The van der Waals surface area contributed by atoms with E-state index in [0.717, 1.165) is 24.6 Å². The van der Waals surface area contributed by atoms with Gasteiger partial charge in [0.2, 0.25) is 0 Å². The molecule has 0 radical (unpaired) electrons. The molecule has 1 aliphatic rings. The Labute approximate surface area is 166 Å². The Hall–Kier alpha value is -1.96. The van der Waals surface area contributed by atoms with Crippen molar-refractivity contribution in [1.82, 2.24) is 15.1 Å². The second-order valence-electron chi connectivity index (χ2n) is 7.29. The number of aliphatic imine (C=N–C) groups is 1. The summed E-state index contributed by atoms with van der Waals surface area (Å²) in [6, 6.07) is 6.99. The van der Waals surface area contributed by atoms with Crippen LogP contribution in [0, 0.1) is 0 Å². The molecule has 0 spiro atoms. The van der Waals surface area contributed by atoms with Gasteiger partial charge in [-0.05, 0) is 38.0 Å². The second kappa shape index (κ2) is 10.0. The van der Waals surface area contributed by atoms with E-state index < -0.39 is 12.2 Å². The van der Waals surface area contributed by atoms with Crippen LogP contribution in [0.25, 0.3) is 0 Å². The standard InChI is InChI=1S/C20H32F3N5/c1-5-24-19(25-11-10-17-6-8-18(9-7-17)26(3)4)28-14-12-27(13-15-28)16(2)20(21,22)23/h6-9,16H,5,10-15H2,1-4H3,(H,24,25). The third kappa shape index (κ3) is 6.29. The molecule has 8 heteroatoms. The van der Waals surface area contributed by atoms with E-state index in [1.807, 2.05) is 21.0 Å². The zero-order valence-electron chi connectivity index (χ0n) is 17.3. The van der Waals surface area contributed by atoms with Crippen LogP contribution < -0.4 is 10.2 Å². The maximum absolute atomic E-state index is 12.9. The van der Waals surface area contributed by atoms with Gasteiger partial charge in [-0.3, -0.25) is 9.89 Å². The number of benzene rings is 1. The van der Waals surface area contributed by atoms with Crippen molar-refractivity contribution >= 4 is 11.6 Å². The van der Waals surface area contributed by atoms with Gasteiger partial charge >= 0.3 is 6.18 Å². The molecule has 1 aliphatic heterocycles. The van der Waals surface area contributed by atoms with Crippen LogP contribution in [0.15, 0.2) is 29.3 Å². The lowest BCUT2D eigenvalue weighted by Crippen LogP contribution is -2.56. The van der Waals surface area contributed by atoms with E-state index in [4.69, 9.17) is 0 Å². The molecule has 28 heavy (non-hydrogen) atoms. The third-order valence-corrected chi connectivity index (χ3v) is 5.08. The summed E-state index contributed by atoms with van der Waals surface area (Å²) >= 11 is 0. The first-order valence-electron chi connectivity index (χ1n) is 9.82. The average molecular weight is 400 g/mol. The molecule has 1 N–H and O–H groups in total. The van der Waals surface area contributed by atoms with Crippen LogP contribution in [0.1, 0.15) is 19.4 Å². The number of alkyl halides is 3. The quantitative estimate of drug-likeness (QED) is 0.589. The fourth-order valence-corrected chi connectivity index (χ4v) is 3.21. The molecule has 1 aromatic carbocycles. The van der Waals surface area contributed by atoms with E-state index in [1.165, 1.54) is 17.4 Å². The number of rotatable bonds is 6. The van der Waals surface area contributed by atoms with Crippen molar-refractivity contribution < 1.29 is 13.2 Å². The minimum Gasteiger partial charge on any atom is -0.378 e. The van der Waals surface area contributed by atoms with Crippen LogP contribution in [0.3, 0.4) is 0 Å². The zero-order chi connectivity index (χ0) is 20.7. The molecule has 5 nitrogen and oxygen atoms in total. The second-order valence-corrected chi connectivity index (χ2v) is 7.29. The first-order valence-corrected chi connectivity index (χ1v) is 9.82. The summed E-state index contributed by atoms with van der Waals surface area (Å²) in [6.07, 6.45) is -3.35. The van der Waals surface area contributed by atoms with Gasteiger partial charge in [0.1, 0.15) is 6.04 Å². The molecule has 0 saturated carbocycles. The highest BCUT2D eigenvalue weighted by atomic mass is 19.4. The first-order chi connectivity index (χ1) is 13.2. The van der Waals surface area contributed by atoms with Crippen molar-refractivity contribution in [1.29, 1.82) is 0 Å². The highest BCUT2D eigenvalue weighted by Gasteiger charge is 2.41. The number of halogens is 3. The maximum Gasteiger partial charge on any atom is 0.403 e. The summed E-state index contributed by atoms with van der Waals surface area (Å²) in [5.41, 5.74) is 2.38. The van der Waals surface area contributed by atoms with Crippen LogP contribution >= 0.6 is 0 Å². The Balaban J connectivity index is 1.90. The molecule has 0 amide bonds. The highest BCUT2D eigenvalue weighted by Crippen LogP contribution is 2.25. The van der Waals surface area contributed by atoms with Gasteiger partial charge in [-0.25, -0.2) is 0 Å². The van der Waals surface area contributed by atoms with Crippen LogP contribution in [-0.4, -0.2) is 81.3 Å². The smallest absolute Gasteiger partial charge is 0.378 e. The maximum atomic E-state index is 12.9. The monoisotopic (exact) mass is 399 g/mol. The van der Waals surface area contributed by atoms with E-state index in [9.17, 15) is 13.2 Å². The minimum atomic E-state index is -4.18. The third-order valence-electron chi connectivity index (χ3n) is 5.08. The number of anilines is 1. The topological polar surface area (TPSA) is 34.1 Å². The minimum absolute atomic E-state index is 0.386. The lowest BCUT2D eigenvalue weighted by atomic mass is 10.1. The first kappa shape index (κ1) is 22.3. The van der Waals surface area contributed by atoms with Gasteiger partial charge in [0.15, 0.2) is 5.96 Å². The Morgan fingerprint density at radius 2 is 1.75 bits per heavy atom. The van der Waals surface area contributed by atoms with Gasteiger partial charge in [0, 0.05) is 59.1 Å². The highest BCUT2D eigenvalue weighted by molar-refractivity contribution is 5.80. The Kier molecular flexibility index (Phi) is 7.98. The van der Waals surface area contributed by atoms with Gasteiger partial charge < -0.3 is 15.1 Å². The average Bonchev–Trinajstić information content (AvgIpc) is 2.66. The number of nitrogens with one attached hydrogen (secondary N) is 1. The summed E-state index contributed by atoms with van der Waals surface area (Å²) < 4.78 is 38.7. The SMILES string of the molecule is CCNC(=NCCc1ccc(N(C)C)cc1)N1CCN(C(C)C(F)(F)F)CC1. The molecule has 1 heterocycles. The van der Waals surface area contributed by atoms with E-state index >= 15 is 0 Å². The molecule has 2 rings (SSSR count). The van der Waals surface area contributed by atoms with Gasteiger partial charge in [-0.15, -0.1) is 0 Å². The van der Waals surface area contributed by atoms with Crippen molar-refractivity contribution in [3.8, 4) is 0 Å². The van der Waals surface area contributed by atoms with Gasteiger partial charge in [0.05, 0.1) is 0 Å². The molecule has 1 atom stereocenters. The van der Waals surface area contributed by atoms with Gasteiger partial charge in [0.25, 0.3) is 0 Å². The predicted octanol–water partition coefficient (Wildman–Crippen LogP) is 2.83. The van der Waals surface area contributed by atoms with E-state index in [-0.39, 0.29) is 0 Å². The van der Waals surface area contributed by atoms with Crippen molar-refractivity contribution in [2.75, 3.05) is 58.3 Å². The summed E-state index contributed by atoms with van der Waals surface area (Å²) in [7, 11) is 4.02. The molecule has 1 aromatic rings. The summed E-state index contributed by atoms with van der Waals surface area (Å²) in [4.78, 5) is 10.3. The number of nitrogens with zero attached hydrogens (tertiary/aromatic N) is 4. The number of hydrogen-bond donors (Lipinski definition) is 1. The Bertz CT molecular complexity index is 620. The fourth-order valence-electron chi connectivity index (χ4n) is 3.21. The summed E-state index contributed by atoms with van der Waals surface area (Å²) in [6.45, 7) is 6.47. The van der Waals surface area contributed by atoms with Crippen LogP contribution in [-0.2, 0) is 6.42 Å². The summed E-state index contributed by atoms with van der Waals surface area (Å²) in [5, 5.41) is 3.27. The van der Waals surface area contributed by atoms with Crippen molar-refractivity contribution in [3.63, 3.8) is 0 Å². The fraction of sp³-hybridized carbons (Fsp3) is 0.650. The van der Waals surface area contributed by atoms with Crippen molar-refractivity contribution in [3.05, 3.63) is 29.8 Å². The van der Waals surface area contributed by atoms with Gasteiger partial charge in [-0.1, -0.05) is 12.1 Å². The lowest BCUT2D eigenvalue weighted by molar-refractivity contribution is -0.181.